The topological polar surface area (TPSA) is 146 Å². The van der Waals surface area contributed by atoms with E-state index in [0.29, 0.717) is 0 Å². The van der Waals surface area contributed by atoms with Gasteiger partial charge in [0.25, 0.3) is 0 Å². The average molecular weight is 208 g/mol. The average Bonchev–Trinajstić information content (AvgIpc) is 2.10. The van der Waals surface area contributed by atoms with Gasteiger partial charge in [-0.2, -0.15) is 0 Å². The third-order valence-corrected chi connectivity index (χ3v) is 1.59. The normalized spacial score (nSPS) is 9.00. The zero-order valence-corrected chi connectivity index (χ0v) is 9.23. The van der Waals surface area contributed by atoms with Crippen molar-refractivity contribution in [1.29, 1.82) is 0 Å². The third kappa shape index (κ3) is 17.7. The Morgan fingerprint density at radius 1 is 0.643 bits per heavy atom. The van der Waals surface area contributed by atoms with E-state index in [0.717, 1.165) is 52.1 Å². The number of rotatable bonds is 9. The molecule has 0 spiro atoms. The molecule has 6 nitrogen and oxygen atoms in total. The highest BCUT2D eigenvalue weighted by atomic mass is 14.9. The van der Waals surface area contributed by atoms with Crippen molar-refractivity contribution in [3.05, 3.63) is 0 Å². The molecule has 0 aliphatic heterocycles. The molecule has 0 unspecified atom stereocenters. The summed E-state index contributed by atoms with van der Waals surface area (Å²) in [5.41, 5.74) is 10.7. The zero-order chi connectivity index (χ0) is 9.07. The van der Waals surface area contributed by atoms with Crippen LogP contribution in [0.25, 0.3) is 0 Å². The molecule has 0 atom stereocenters. The molecule has 0 aliphatic carbocycles. The fourth-order valence-electron chi connectivity index (χ4n) is 0.881. The van der Waals surface area contributed by atoms with Crippen LogP contribution < -0.4 is 34.4 Å². The fourth-order valence-corrected chi connectivity index (χ4v) is 0.881. The van der Waals surface area contributed by atoms with E-state index in [1.165, 1.54) is 0 Å². The van der Waals surface area contributed by atoms with Gasteiger partial charge in [0.15, 0.2) is 0 Å². The molecule has 0 radical (unpaired) electrons. The molecule has 0 aliphatic rings. The molecular formula is C8H28N6. The minimum Gasteiger partial charge on any atom is -0.344 e. The van der Waals surface area contributed by atoms with Gasteiger partial charge in [-0.05, 0) is 39.0 Å². The molecule has 0 aromatic carbocycles. The molecular weight excluding hydrogens is 180 g/mol. The lowest BCUT2D eigenvalue weighted by molar-refractivity contribution is 0.590. The van der Waals surface area contributed by atoms with Gasteiger partial charge in [-0.1, -0.05) is 0 Å². The SMILES string of the molecule is N.N.NCCCNCCNCCCN. The first-order chi connectivity index (χ1) is 5.91. The van der Waals surface area contributed by atoms with Crippen LogP contribution >= 0.6 is 0 Å². The quantitative estimate of drug-likeness (QED) is 0.273. The molecule has 6 heteroatoms. The lowest BCUT2D eigenvalue weighted by Crippen LogP contribution is -2.29. The first-order valence-electron chi connectivity index (χ1n) is 4.73. The maximum atomic E-state index is 5.34. The molecule has 0 aromatic rings. The number of hydrogen-bond donors (Lipinski definition) is 6. The van der Waals surface area contributed by atoms with E-state index in [9.17, 15) is 0 Å². The molecule has 0 rings (SSSR count). The molecule has 0 aromatic heterocycles. The van der Waals surface area contributed by atoms with Crippen molar-refractivity contribution in [2.24, 2.45) is 11.5 Å². The summed E-state index contributed by atoms with van der Waals surface area (Å²) in [6.45, 7) is 5.63. The Kier molecular flexibility index (Phi) is 25.6. The molecule has 0 saturated carbocycles. The standard InChI is InChI=1S/C8H22N4.2H3N/c9-3-1-5-11-7-8-12-6-2-4-10;;/h11-12H,1-10H2;2*1H3. The van der Waals surface area contributed by atoms with Gasteiger partial charge in [-0.15, -0.1) is 0 Å². The van der Waals surface area contributed by atoms with Crippen molar-refractivity contribution in [3.63, 3.8) is 0 Å². The van der Waals surface area contributed by atoms with Crippen molar-refractivity contribution in [3.8, 4) is 0 Å². The first kappa shape index (κ1) is 19.4. The molecule has 0 fully saturated rings. The number of hydrogen-bond acceptors (Lipinski definition) is 6. The Labute approximate surface area is 87.3 Å². The predicted molar refractivity (Wildman–Crippen MR) is 63.1 cm³/mol. The van der Waals surface area contributed by atoms with E-state index in [1.54, 1.807) is 0 Å². The monoisotopic (exact) mass is 208 g/mol. The molecule has 0 heterocycles. The fraction of sp³-hybridized carbons (Fsp3) is 1.00. The first-order valence-corrected chi connectivity index (χ1v) is 4.73. The van der Waals surface area contributed by atoms with Gasteiger partial charge in [0.1, 0.15) is 0 Å². The van der Waals surface area contributed by atoms with Gasteiger partial charge in [-0.3, -0.25) is 0 Å². The molecule has 12 N–H and O–H groups in total. The lowest BCUT2D eigenvalue weighted by atomic mass is 10.4. The van der Waals surface area contributed by atoms with Crippen molar-refractivity contribution in [2.75, 3.05) is 39.3 Å². The zero-order valence-electron chi connectivity index (χ0n) is 9.23. The van der Waals surface area contributed by atoms with E-state index < -0.39 is 0 Å². The van der Waals surface area contributed by atoms with Crippen LogP contribution in [0.5, 0.6) is 0 Å². The van der Waals surface area contributed by atoms with E-state index in [-0.39, 0.29) is 12.3 Å². The largest absolute Gasteiger partial charge is 0.344 e. The second-order valence-corrected chi connectivity index (χ2v) is 2.78. The summed E-state index contributed by atoms with van der Waals surface area (Å²) in [6.07, 6.45) is 2.12. The summed E-state index contributed by atoms with van der Waals surface area (Å²) >= 11 is 0. The molecule has 0 bridgehead atoms. The summed E-state index contributed by atoms with van der Waals surface area (Å²) in [7, 11) is 0. The van der Waals surface area contributed by atoms with Crippen molar-refractivity contribution in [1.82, 2.24) is 22.9 Å². The maximum absolute atomic E-state index is 5.34. The van der Waals surface area contributed by atoms with E-state index in [1.807, 2.05) is 0 Å². The number of nitrogens with one attached hydrogen (secondary N) is 2. The van der Waals surface area contributed by atoms with E-state index >= 15 is 0 Å². The van der Waals surface area contributed by atoms with Crippen LogP contribution in [0.4, 0.5) is 0 Å². The smallest absolute Gasteiger partial charge is 0.00767 e. The van der Waals surface area contributed by atoms with Crippen molar-refractivity contribution >= 4 is 0 Å². The van der Waals surface area contributed by atoms with Crippen LogP contribution in [0.15, 0.2) is 0 Å². The molecule has 14 heavy (non-hydrogen) atoms. The van der Waals surface area contributed by atoms with Crippen molar-refractivity contribution in [2.45, 2.75) is 12.8 Å². The van der Waals surface area contributed by atoms with Gasteiger partial charge in [0.2, 0.25) is 0 Å². The van der Waals surface area contributed by atoms with E-state index in [4.69, 9.17) is 11.5 Å². The third-order valence-electron chi connectivity index (χ3n) is 1.59. The minimum atomic E-state index is 0. The Balaban J connectivity index is -0.000000605. The summed E-state index contributed by atoms with van der Waals surface area (Å²) in [5, 5.41) is 6.58. The maximum Gasteiger partial charge on any atom is 0.00767 e. The molecule has 0 amide bonds. The van der Waals surface area contributed by atoms with Crippen LogP contribution in [0.3, 0.4) is 0 Å². The van der Waals surface area contributed by atoms with Gasteiger partial charge in [-0.25, -0.2) is 0 Å². The summed E-state index contributed by atoms with van der Waals surface area (Å²) in [5.74, 6) is 0. The lowest BCUT2D eigenvalue weighted by Gasteiger charge is -2.04. The van der Waals surface area contributed by atoms with Crippen LogP contribution in [0, 0.1) is 0 Å². The highest BCUT2D eigenvalue weighted by molar-refractivity contribution is 4.52. The highest BCUT2D eigenvalue weighted by Crippen LogP contribution is 1.70. The van der Waals surface area contributed by atoms with Gasteiger partial charge < -0.3 is 34.4 Å². The van der Waals surface area contributed by atoms with Gasteiger partial charge >= 0.3 is 0 Å². The summed E-state index contributed by atoms with van der Waals surface area (Å²) < 4.78 is 0. The van der Waals surface area contributed by atoms with Crippen LogP contribution in [0.1, 0.15) is 12.8 Å². The Morgan fingerprint density at radius 2 is 1.00 bits per heavy atom. The summed E-state index contributed by atoms with van der Waals surface area (Å²) in [6, 6.07) is 0. The Morgan fingerprint density at radius 3 is 1.29 bits per heavy atom. The highest BCUT2D eigenvalue weighted by Gasteiger charge is 1.86. The minimum absolute atomic E-state index is 0. The Bertz CT molecular complexity index is 70.2. The van der Waals surface area contributed by atoms with Crippen molar-refractivity contribution < 1.29 is 0 Å². The summed E-state index contributed by atoms with van der Waals surface area (Å²) in [4.78, 5) is 0. The van der Waals surface area contributed by atoms with Crippen LogP contribution in [-0.2, 0) is 0 Å². The number of nitrogens with two attached hydrogens (primary N) is 2. The molecule has 0 saturated heterocycles. The predicted octanol–water partition coefficient (Wildman–Crippen LogP) is -0.813. The Hall–Kier alpha value is -0.240. The van der Waals surface area contributed by atoms with Crippen LogP contribution in [-0.4, -0.2) is 39.3 Å². The second kappa shape index (κ2) is 18.5. The second-order valence-electron chi connectivity index (χ2n) is 2.78. The van der Waals surface area contributed by atoms with Gasteiger partial charge in [0, 0.05) is 13.1 Å². The molecule has 90 valence electrons. The van der Waals surface area contributed by atoms with Crippen LogP contribution in [0.2, 0.25) is 0 Å². The van der Waals surface area contributed by atoms with E-state index in [2.05, 4.69) is 10.6 Å². The van der Waals surface area contributed by atoms with Gasteiger partial charge in [0.05, 0.1) is 0 Å².